The summed E-state index contributed by atoms with van der Waals surface area (Å²) < 4.78 is 2.24. The molecule has 0 saturated heterocycles. The van der Waals surface area contributed by atoms with Crippen molar-refractivity contribution in [3.05, 3.63) is 30.1 Å². The highest BCUT2D eigenvalue weighted by Gasteiger charge is 2.12. The van der Waals surface area contributed by atoms with Gasteiger partial charge in [-0.2, -0.15) is 0 Å². The number of imidazole rings is 1. The summed E-state index contributed by atoms with van der Waals surface area (Å²) in [5.74, 6) is 1.89. The number of aryl methyl sites for hydroxylation is 1. The van der Waals surface area contributed by atoms with E-state index in [1.165, 1.54) is 5.52 Å². The first-order chi connectivity index (χ1) is 12.4. The lowest BCUT2D eigenvalue weighted by Crippen LogP contribution is -2.45. The Balaban J connectivity index is 0.00000364. The molecular formula is C20H35IN6. The molecule has 0 aliphatic rings. The van der Waals surface area contributed by atoms with E-state index >= 15 is 0 Å². The fraction of sp³-hybridized carbons (Fsp3) is 0.600. The van der Waals surface area contributed by atoms with Crippen molar-refractivity contribution in [1.29, 1.82) is 0 Å². The Kier molecular flexibility index (Phi) is 10.1. The fourth-order valence-corrected chi connectivity index (χ4v) is 3.40. The van der Waals surface area contributed by atoms with Crippen molar-refractivity contribution in [2.75, 3.05) is 26.7 Å². The van der Waals surface area contributed by atoms with E-state index in [2.05, 4.69) is 82.9 Å². The molecule has 152 valence electrons. The minimum Gasteiger partial charge on any atom is -0.355 e. The maximum Gasteiger partial charge on any atom is 0.191 e. The summed E-state index contributed by atoms with van der Waals surface area (Å²) >= 11 is 0. The molecule has 1 aromatic carbocycles. The second-order valence-electron chi connectivity index (χ2n) is 7.15. The number of benzene rings is 1. The van der Waals surface area contributed by atoms with Crippen molar-refractivity contribution in [1.82, 2.24) is 25.1 Å². The van der Waals surface area contributed by atoms with Crippen LogP contribution >= 0.6 is 24.0 Å². The Labute approximate surface area is 180 Å². The van der Waals surface area contributed by atoms with Crippen LogP contribution in [0.4, 0.5) is 0 Å². The molecule has 0 radical (unpaired) electrons. The number of para-hydroxylation sites is 2. The lowest BCUT2D eigenvalue weighted by molar-refractivity contribution is 0.178. The molecule has 0 fully saturated rings. The van der Waals surface area contributed by atoms with Gasteiger partial charge < -0.3 is 15.2 Å². The van der Waals surface area contributed by atoms with Gasteiger partial charge in [0.2, 0.25) is 0 Å². The number of guanidine groups is 1. The Bertz CT molecular complexity index is 714. The first-order valence-corrected chi connectivity index (χ1v) is 9.56. The maximum absolute atomic E-state index is 4.62. The number of hydrogen-bond donors (Lipinski definition) is 2. The molecule has 6 nitrogen and oxygen atoms in total. The van der Waals surface area contributed by atoms with E-state index in [0.29, 0.717) is 12.1 Å². The van der Waals surface area contributed by atoms with Crippen LogP contribution in [0.15, 0.2) is 29.3 Å². The van der Waals surface area contributed by atoms with Crippen LogP contribution in [0.25, 0.3) is 11.0 Å². The van der Waals surface area contributed by atoms with E-state index in [4.69, 9.17) is 0 Å². The molecule has 1 heterocycles. The number of nitrogens with zero attached hydrogens (tertiary/aromatic N) is 4. The highest BCUT2D eigenvalue weighted by molar-refractivity contribution is 14.0. The van der Waals surface area contributed by atoms with Gasteiger partial charge in [-0.3, -0.25) is 9.89 Å². The molecule has 0 spiro atoms. The van der Waals surface area contributed by atoms with E-state index in [9.17, 15) is 0 Å². The van der Waals surface area contributed by atoms with Gasteiger partial charge in [-0.1, -0.05) is 12.1 Å². The van der Waals surface area contributed by atoms with E-state index in [1.54, 1.807) is 0 Å². The molecule has 1 aromatic heterocycles. The summed E-state index contributed by atoms with van der Waals surface area (Å²) in [6, 6.07) is 9.36. The number of nitrogens with one attached hydrogen (secondary N) is 2. The first kappa shape index (κ1) is 23.7. The van der Waals surface area contributed by atoms with Crippen LogP contribution in [0.5, 0.6) is 0 Å². The Morgan fingerprint density at radius 2 is 1.74 bits per heavy atom. The largest absolute Gasteiger partial charge is 0.355 e. The van der Waals surface area contributed by atoms with Crippen molar-refractivity contribution in [2.45, 2.75) is 53.2 Å². The van der Waals surface area contributed by atoms with Crippen LogP contribution in [-0.4, -0.2) is 59.2 Å². The lowest BCUT2D eigenvalue weighted by Gasteiger charge is -2.30. The molecule has 0 amide bonds. The average molecular weight is 486 g/mol. The Hall–Kier alpha value is -1.35. The molecule has 0 unspecified atom stereocenters. The number of halogens is 1. The SMILES string of the molecule is CN=C(NCCN(C(C)C)C(C)C)NCCn1c(C)nc2ccccc21.I. The summed E-state index contributed by atoms with van der Waals surface area (Å²) in [6.07, 6.45) is 0. The van der Waals surface area contributed by atoms with Gasteiger partial charge in [-0.25, -0.2) is 4.98 Å². The van der Waals surface area contributed by atoms with Gasteiger partial charge in [-0.05, 0) is 46.8 Å². The van der Waals surface area contributed by atoms with Gasteiger partial charge in [0.1, 0.15) is 5.82 Å². The number of aromatic nitrogens is 2. The predicted octanol–water partition coefficient (Wildman–Crippen LogP) is 3.25. The van der Waals surface area contributed by atoms with Gasteiger partial charge in [0.05, 0.1) is 11.0 Å². The molecule has 0 aliphatic carbocycles. The second-order valence-corrected chi connectivity index (χ2v) is 7.15. The average Bonchev–Trinajstić information content (AvgIpc) is 2.91. The molecule has 2 rings (SSSR count). The third-order valence-electron chi connectivity index (χ3n) is 4.69. The maximum atomic E-state index is 4.62. The molecule has 0 saturated carbocycles. The number of fused-ring (bicyclic) bond motifs is 1. The summed E-state index contributed by atoms with van der Waals surface area (Å²) in [7, 11) is 1.82. The van der Waals surface area contributed by atoms with Crippen LogP contribution in [0, 0.1) is 6.92 Å². The third-order valence-corrected chi connectivity index (χ3v) is 4.69. The number of rotatable bonds is 8. The van der Waals surface area contributed by atoms with E-state index in [0.717, 1.165) is 43.5 Å². The van der Waals surface area contributed by atoms with Gasteiger partial charge >= 0.3 is 0 Å². The van der Waals surface area contributed by atoms with Crippen LogP contribution < -0.4 is 10.6 Å². The zero-order valence-corrected chi connectivity index (χ0v) is 19.8. The molecule has 2 N–H and O–H groups in total. The topological polar surface area (TPSA) is 57.5 Å². The lowest BCUT2D eigenvalue weighted by atomic mass is 10.2. The Morgan fingerprint density at radius 3 is 2.37 bits per heavy atom. The molecule has 7 heteroatoms. The molecule has 0 bridgehead atoms. The Morgan fingerprint density at radius 1 is 1.11 bits per heavy atom. The van der Waals surface area contributed by atoms with Crippen molar-refractivity contribution in [3.8, 4) is 0 Å². The summed E-state index contributed by atoms with van der Waals surface area (Å²) in [5, 5.41) is 6.82. The van der Waals surface area contributed by atoms with Crippen molar-refractivity contribution in [3.63, 3.8) is 0 Å². The second kappa shape index (κ2) is 11.5. The smallest absolute Gasteiger partial charge is 0.191 e. The zero-order chi connectivity index (χ0) is 19.1. The van der Waals surface area contributed by atoms with Crippen molar-refractivity contribution in [2.24, 2.45) is 4.99 Å². The number of hydrogen-bond acceptors (Lipinski definition) is 3. The van der Waals surface area contributed by atoms with Gasteiger partial charge in [-0.15, -0.1) is 24.0 Å². The fourth-order valence-electron chi connectivity index (χ4n) is 3.40. The number of aliphatic imine (C=N–C) groups is 1. The van der Waals surface area contributed by atoms with E-state index in [-0.39, 0.29) is 24.0 Å². The van der Waals surface area contributed by atoms with Gasteiger partial charge in [0, 0.05) is 45.3 Å². The summed E-state index contributed by atoms with van der Waals surface area (Å²) in [4.78, 5) is 11.4. The summed E-state index contributed by atoms with van der Waals surface area (Å²) in [6.45, 7) is 14.6. The van der Waals surface area contributed by atoms with E-state index in [1.807, 2.05) is 13.1 Å². The highest BCUT2D eigenvalue weighted by atomic mass is 127. The predicted molar refractivity (Wildman–Crippen MR) is 126 cm³/mol. The highest BCUT2D eigenvalue weighted by Crippen LogP contribution is 2.14. The van der Waals surface area contributed by atoms with Crippen molar-refractivity contribution >= 4 is 41.0 Å². The molecule has 2 aromatic rings. The standard InChI is InChI=1S/C20H34N6.HI/c1-15(2)25(16(3)4)13-11-22-20(21-6)23-12-14-26-17(5)24-18-9-7-8-10-19(18)26;/h7-10,15-16H,11-14H2,1-6H3,(H2,21,22,23);1H. The monoisotopic (exact) mass is 486 g/mol. The van der Waals surface area contributed by atoms with Gasteiger partial charge in [0.25, 0.3) is 0 Å². The van der Waals surface area contributed by atoms with Crippen molar-refractivity contribution < 1.29 is 0 Å². The minimum absolute atomic E-state index is 0. The minimum atomic E-state index is 0. The summed E-state index contributed by atoms with van der Waals surface area (Å²) in [5.41, 5.74) is 2.23. The van der Waals surface area contributed by atoms with Gasteiger partial charge in [0.15, 0.2) is 5.96 Å². The molecular weight excluding hydrogens is 451 g/mol. The molecule has 0 atom stereocenters. The normalized spacial score (nSPS) is 12.1. The molecule has 27 heavy (non-hydrogen) atoms. The van der Waals surface area contributed by atoms with Crippen LogP contribution in [0.3, 0.4) is 0 Å². The first-order valence-electron chi connectivity index (χ1n) is 9.56. The van der Waals surface area contributed by atoms with Crippen LogP contribution in [-0.2, 0) is 6.54 Å². The third kappa shape index (κ3) is 6.64. The quantitative estimate of drug-likeness (QED) is 0.342. The van der Waals surface area contributed by atoms with Crippen LogP contribution in [0.1, 0.15) is 33.5 Å². The molecule has 0 aliphatic heterocycles. The van der Waals surface area contributed by atoms with E-state index < -0.39 is 0 Å². The zero-order valence-electron chi connectivity index (χ0n) is 17.5. The van der Waals surface area contributed by atoms with Crippen LogP contribution in [0.2, 0.25) is 0 Å².